The van der Waals surface area contributed by atoms with Gasteiger partial charge in [0.15, 0.2) is 0 Å². The van der Waals surface area contributed by atoms with Gasteiger partial charge in [-0.2, -0.15) is 0 Å². The van der Waals surface area contributed by atoms with E-state index in [2.05, 4.69) is 0 Å². The van der Waals surface area contributed by atoms with Gasteiger partial charge in [-0.3, -0.25) is 10.0 Å². The first-order chi connectivity index (χ1) is 9.60. The molecule has 0 unspecified atom stereocenters. The molecule has 3 nitrogen and oxygen atoms in total. The summed E-state index contributed by atoms with van der Waals surface area (Å²) in [5.41, 5.74) is 3.60. The minimum Gasteiger partial charge on any atom is -0.288 e. The molecule has 2 rings (SSSR count). The van der Waals surface area contributed by atoms with Gasteiger partial charge in [0.05, 0.1) is 0 Å². The third-order valence-electron chi connectivity index (χ3n) is 2.68. The van der Waals surface area contributed by atoms with Crippen LogP contribution in [0.4, 0.5) is 4.39 Å². The number of halogens is 2. The molecular weight excluding hydrogens is 281 g/mol. The van der Waals surface area contributed by atoms with Crippen LogP contribution in [0.5, 0.6) is 0 Å². The standard InChI is InChI=1S/C15H11ClFNO2/c16-14-9-12(11-2-1-3-13(17)8-11)5-4-10(14)6-7-15(19)18-20/h1-9,20H,(H,18,19)/b7-6+. The van der Waals surface area contributed by atoms with E-state index in [1.807, 2.05) is 0 Å². The number of benzene rings is 2. The largest absolute Gasteiger partial charge is 0.288 e. The molecule has 0 aromatic heterocycles. The van der Waals surface area contributed by atoms with E-state index in [4.69, 9.17) is 16.8 Å². The highest BCUT2D eigenvalue weighted by molar-refractivity contribution is 6.32. The smallest absolute Gasteiger partial charge is 0.267 e. The summed E-state index contributed by atoms with van der Waals surface area (Å²) in [6.45, 7) is 0. The molecule has 102 valence electrons. The lowest BCUT2D eigenvalue weighted by Crippen LogP contribution is -2.14. The third kappa shape index (κ3) is 3.44. The molecule has 2 N–H and O–H groups in total. The minimum atomic E-state index is -0.643. The van der Waals surface area contributed by atoms with Gasteiger partial charge < -0.3 is 0 Å². The molecule has 0 aliphatic rings. The summed E-state index contributed by atoms with van der Waals surface area (Å²) in [4.78, 5) is 10.9. The van der Waals surface area contributed by atoms with Crippen LogP contribution in [-0.2, 0) is 4.79 Å². The van der Waals surface area contributed by atoms with Crippen LogP contribution in [0.3, 0.4) is 0 Å². The van der Waals surface area contributed by atoms with Crippen LogP contribution in [0.2, 0.25) is 5.02 Å². The highest BCUT2D eigenvalue weighted by atomic mass is 35.5. The van der Waals surface area contributed by atoms with Gasteiger partial charge in [0, 0.05) is 11.1 Å². The van der Waals surface area contributed by atoms with Crippen LogP contribution in [0.1, 0.15) is 5.56 Å². The first-order valence-electron chi connectivity index (χ1n) is 5.78. The first-order valence-corrected chi connectivity index (χ1v) is 6.15. The maximum Gasteiger partial charge on any atom is 0.267 e. The molecule has 0 heterocycles. The Morgan fingerprint density at radius 1 is 1.20 bits per heavy atom. The predicted molar refractivity (Wildman–Crippen MR) is 75.8 cm³/mol. The second kappa shape index (κ2) is 6.32. The molecular formula is C15H11ClFNO2. The minimum absolute atomic E-state index is 0.317. The van der Waals surface area contributed by atoms with E-state index in [9.17, 15) is 9.18 Å². The van der Waals surface area contributed by atoms with E-state index < -0.39 is 5.91 Å². The highest BCUT2D eigenvalue weighted by Gasteiger charge is 2.03. The number of carbonyl (C=O) groups is 1. The molecule has 0 fully saturated rings. The number of carbonyl (C=O) groups excluding carboxylic acids is 1. The van der Waals surface area contributed by atoms with Gasteiger partial charge in [-0.15, -0.1) is 0 Å². The van der Waals surface area contributed by atoms with Crippen LogP contribution in [0.25, 0.3) is 17.2 Å². The van der Waals surface area contributed by atoms with Crippen molar-refractivity contribution in [3.63, 3.8) is 0 Å². The van der Waals surface area contributed by atoms with Crippen molar-refractivity contribution in [3.05, 3.63) is 64.9 Å². The van der Waals surface area contributed by atoms with Crippen molar-refractivity contribution in [1.82, 2.24) is 5.48 Å². The third-order valence-corrected chi connectivity index (χ3v) is 3.01. The van der Waals surface area contributed by atoms with Crippen molar-refractivity contribution in [2.45, 2.75) is 0 Å². The van der Waals surface area contributed by atoms with Crippen LogP contribution in [0.15, 0.2) is 48.5 Å². The molecule has 2 aromatic carbocycles. The Kier molecular flexibility index (Phi) is 4.50. The maximum absolute atomic E-state index is 13.2. The molecule has 0 atom stereocenters. The summed E-state index contributed by atoms with van der Waals surface area (Å²) in [5.74, 6) is -0.961. The summed E-state index contributed by atoms with van der Waals surface area (Å²) in [5, 5.41) is 8.81. The van der Waals surface area contributed by atoms with Crippen molar-refractivity contribution in [1.29, 1.82) is 0 Å². The molecule has 0 radical (unpaired) electrons. The Balaban J connectivity index is 2.30. The SMILES string of the molecule is O=C(/C=C/c1ccc(-c2cccc(F)c2)cc1Cl)NO. The molecule has 0 spiro atoms. The Bertz CT molecular complexity index is 671. The van der Waals surface area contributed by atoms with Gasteiger partial charge in [-0.25, -0.2) is 9.87 Å². The fraction of sp³-hybridized carbons (Fsp3) is 0. The maximum atomic E-state index is 13.2. The van der Waals surface area contributed by atoms with Gasteiger partial charge in [-0.05, 0) is 41.0 Å². The Hall–Kier alpha value is -2.17. The Labute approximate surface area is 120 Å². The molecule has 2 aromatic rings. The lowest BCUT2D eigenvalue weighted by molar-refractivity contribution is -0.124. The van der Waals surface area contributed by atoms with E-state index in [1.54, 1.807) is 30.3 Å². The highest BCUT2D eigenvalue weighted by Crippen LogP contribution is 2.26. The van der Waals surface area contributed by atoms with Crippen molar-refractivity contribution in [3.8, 4) is 11.1 Å². The molecule has 5 heteroatoms. The zero-order valence-corrected chi connectivity index (χ0v) is 11.1. The zero-order valence-electron chi connectivity index (χ0n) is 10.3. The first kappa shape index (κ1) is 14.2. The van der Waals surface area contributed by atoms with E-state index in [1.165, 1.54) is 23.7 Å². The summed E-state index contributed by atoms with van der Waals surface area (Å²) in [6, 6.07) is 11.4. The van der Waals surface area contributed by atoms with Crippen LogP contribution in [0, 0.1) is 5.82 Å². The average Bonchev–Trinajstić information content (AvgIpc) is 2.45. The lowest BCUT2D eigenvalue weighted by Gasteiger charge is -2.05. The van der Waals surface area contributed by atoms with Gasteiger partial charge >= 0.3 is 0 Å². The lowest BCUT2D eigenvalue weighted by atomic mass is 10.0. The molecule has 1 amide bonds. The van der Waals surface area contributed by atoms with Crippen LogP contribution < -0.4 is 5.48 Å². The molecule has 0 saturated heterocycles. The van der Waals surface area contributed by atoms with E-state index in [-0.39, 0.29) is 5.82 Å². The number of hydroxylamine groups is 1. The number of hydrogen-bond acceptors (Lipinski definition) is 2. The molecule has 0 bridgehead atoms. The van der Waals surface area contributed by atoms with Crippen molar-refractivity contribution in [2.24, 2.45) is 0 Å². The van der Waals surface area contributed by atoms with Gasteiger partial charge in [0.1, 0.15) is 5.82 Å². The molecule has 0 aliphatic heterocycles. The second-order valence-electron chi connectivity index (χ2n) is 4.06. The zero-order chi connectivity index (χ0) is 14.5. The second-order valence-corrected chi connectivity index (χ2v) is 4.46. The normalized spacial score (nSPS) is 10.8. The van der Waals surface area contributed by atoms with Gasteiger partial charge in [-0.1, -0.05) is 35.9 Å². The fourth-order valence-electron chi connectivity index (χ4n) is 1.71. The average molecular weight is 292 g/mol. The van der Waals surface area contributed by atoms with Gasteiger partial charge in [0.25, 0.3) is 5.91 Å². The fourth-order valence-corrected chi connectivity index (χ4v) is 1.96. The number of hydrogen-bond donors (Lipinski definition) is 2. The van der Waals surface area contributed by atoms with Crippen LogP contribution in [-0.4, -0.2) is 11.1 Å². The van der Waals surface area contributed by atoms with Crippen molar-refractivity contribution >= 4 is 23.6 Å². The van der Waals surface area contributed by atoms with Gasteiger partial charge in [0.2, 0.25) is 0 Å². The Morgan fingerprint density at radius 3 is 2.60 bits per heavy atom. The number of rotatable bonds is 3. The summed E-state index contributed by atoms with van der Waals surface area (Å²) < 4.78 is 13.2. The number of nitrogens with one attached hydrogen (secondary N) is 1. The number of amides is 1. The monoisotopic (exact) mass is 291 g/mol. The van der Waals surface area contributed by atoms with E-state index in [0.29, 0.717) is 10.6 Å². The Morgan fingerprint density at radius 2 is 1.95 bits per heavy atom. The molecule has 20 heavy (non-hydrogen) atoms. The molecule has 0 aliphatic carbocycles. The predicted octanol–water partition coefficient (Wildman–Crippen LogP) is 3.66. The molecule has 0 saturated carbocycles. The topological polar surface area (TPSA) is 49.3 Å². The quantitative estimate of drug-likeness (QED) is 0.515. The van der Waals surface area contributed by atoms with E-state index in [0.717, 1.165) is 17.2 Å². The summed E-state index contributed by atoms with van der Waals surface area (Å²) in [6.07, 6.45) is 2.63. The summed E-state index contributed by atoms with van der Waals surface area (Å²) >= 11 is 6.11. The van der Waals surface area contributed by atoms with E-state index >= 15 is 0 Å². The van der Waals surface area contributed by atoms with Crippen molar-refractivity contribution in [2.75, 3.05) is 0 Å². The van der Waals surface area contributed by atoms with Crippen molar-refractivity contribution < 1.29 is 14.4 Å². The van der Waals surface area contributed by atoms with Crippen LogP contribution >= 0.6 is 11.6 Å². The summed E-state index contributed by atoms with van der Waals surface area (Å²) in [7, 11) is 0.